The van der Waals surface area contributed by atoms with E-state index in [4.69, 9.17) is 0 Å². The quantitative estimate of drug-likeness (QED) is 0.495. The summed E-state index contributed by atoms with van der Waals surface area (Å²) >= 11 is 1.58. The van der Waals surface area contributed by atoms with Crippen LogP contribution in [0.2, 0.25) is 0 Å². The van der Waals surface area contributed by atoms with Gasteiger partial charge in [0, 0.05) is 12.6 Å². The topological polar surface area (TPSA) is 74.3 Å². The summed E-state index contributed by atoms with van der Waals surface area (Å²) in [5.41, 5.74) is 3.19. The minimum atomic E-state index is 0.00725. The summed E-state index contributed by atoms with van der Waals surface area (Å²) in [7, 11) is 1.98. The van der Waals surface area contributed by atoms with E-state index in [-0.39, 0.29) is 5.25 Å². The van der Waals surface area contributed by atoms with Gasteiger partial charge in [0.15, 0.2) is 16.8 Å². The highest BCUT2D eigenvalue weighted by atomic mass is 32.2. The van der Waals surface area contributed by atoms with Crippen LogP contribution >= 0.6 is 11.8 Å². The Morgan fingerprint density at radius 1 is 0.926 bits per heavy atom. The van der Waals surface area contributed by atoms with Crippen molar-refractivity contribution in [2.45, 2.75) is 24.3 Å². The zero-order chi connectivity index (χ0) is 18.8. The number of hydrogen-bond acceptors (Lipinski definition) is 6. The van der Waals surface area contributed by atoms with Crippen molar-refractivity contribution >= 4 is 11.8 Å². The molecule has 7 nitrogen and oxygen atoms in total. The van der Waals surface area contributed by atoms with Crippen molar-refractivity contribution in [2.75, 3.05) is 0 Å². The maximum absolute atomic E-state index is 4.40. The molecule has 0 spiro atoms. The number of hydrogen-bond donors (Lipinski definition) is 0. The lowest BCUT2D eigenvalue weighted by Crippen LogP contribution is -2.05. The SMILES string of the molecule is Cc1ccccc1-c1nnc(S[C@H](C)c2nnnn2-c2ccccc2)n1C. The highest BCUT2D eigenvalue weighted by molar-refractivity contribution is 7.99. The Morgan fingerprint density at radius 3 is 2.44 bits per heavy atom. The van der Waals surface area contributed by atoms with E-state index in [0.29, 0.717) is 0 Å². The third kappa shape index (κ3) is 3.35. The molecule has 0 radical (unpaired) electrons. The van der Waals surface area contributed by atoms with Gasteiger partial charge >= 0.3 is 0 Å². The van der Waals surface area contributed by atoms with Crippen LogP contribution in [0.5, 0.6) is 0 Å². The molecule has 0 unspecified atom stereocenters. The first-order valence-electron chi connectivity index (χ1n) is 8.61. The summed E-state index contributed by atoms with van der Waals surface area (Å²) in [5, 5.41) is 21.8. The lowest BCUT2D eigenvalue weighted by Gasteiger charge is -2.11. The van der Waals surface area contributed by atoms with Crippen LogP contribution in [0.15, 0.2) is 59.8 Å². The van der Waals surface area contributed by atoms with Crippen LogP contribution in [0.4, 0.5) is 0 Å². The molecule has 0 aliphatic heterocycles. The van der Waals surface area contributed by atoms with Crippen molar-refractivity contribution < 1.29 is 0 Å². The van der Waals surface area contributed by atoms with Crippen LogP contribution in [0.25, 0.3) is 17.1 Å². The molecule has 0 aliphatic rings. The second kappa shape index (κ2) is 7.32. The minimum Gasteiger partial charge on any atom is -0.305 e. The van der Waals surface area contributed by atoms with Crippen LogP contribution in [0, 0.1) is 6.92 Å². The minimum absolute atomic E-state index is 0.00725. The second-order valence-corrected chi connectivity index (χ2v) is 7.53. The number of rotatable bonds is 5. The van der Waals surface area contributed by atoms with Crippen molar-refractivity contribution in [3.63, 3.8) is 0 Å². The Kier molecular flexibility index (Phi) is 4.72. The Balaban J connectivity index is 1.61. The third-order valence-electron chi connectivity index (χ3n) is 4.36. The predicted octanol–water partition coefficient (Wildman–Crippen LogP) is 3.62. The van der Waals surface area contributed by atoms with E-state index in [9.17, 15) is 0 Å². The Hall–Kier alpha value is -3.00. The first-order chi connectivity index (χ1) is 13.1. The third-order valence-corrected chi connectivity index (χ3v) is 5.49. The van der Waals surface area contributed by atoms with Crippen LogP contribution in [-0.4, -0.2) is 35.0 Å². The lowest BCUT2D eigenvalue weighted by molar-refractivity contribution is 0.755. The predicted molar refractivity (Wildman–Crippen MR) is 105 cm³/mol. The maximum Gasteiger partial charge on any atom is 0.191 e. The summed E-state index contributed by atoms with van der Waals surface area (Å²) in [4.78, 5) is 0. The molecule has 4 rings (SSSR count). The van der Waals surface area contributed by atoms with Crippen molar-refractivity contribution in [1.29, 1.82) is 0 Å². The summed E-state index contributed by atoms with van der Waals surface area (Å²) in [6.07, 6.45) is 0. The number of thioether (sulfide) groups is 1. The van der Waals surface area contributed by atoms with Gasteiger partial charge in [0.2, 0.25) is 0 Å². The van der Waals surface area contributed by atoms with Gasteiger partial charge in [-0.25, -0.2) is 0 Å². The highest BCUT2D eigenvalue weighted by Crippen LogP contribution is 2.34. The zero-order valence-electron chi connectivity index (χ0n) is 15.3. The average molecular weight is 377 g/mol. The van der Waals surface area contributed by atoms with Crippen LogP contribution in [-0.2, 0) is 7.05 Å². The number of para-hydroxylation sites is 1. The van der Waals surface area contributed by atoms with Gasteiger partial charge in [-0.3, -0.25) is 0 Å². The Bertz CT molecular complexity index is 1050. The fraction of sp³-hybridized carbons (Fsp3) is 0.211. The molecule has 0 saturated carbocycles. The molecule has 0 amide bonds. The van der Waals surface area contributed by atoms with E-state index in [1.165, 1.54) is 5.56 Å². The number of aromatic nitrogens is 7. The highest BCUT2D eigenvalue weighted by Gasteiger charge is 2.21. The summed E-state index contributed by atoms with van der Waals surface area (Å²) in [6.45, 7) is 4.14. The Labute approximate surface area is 161 Å². The van der Waals surface area contributed by atoms with Crippen molar-refractivity contribution in [3.8, 4) is 17.1 Å². The van der Waals surface area contributed by atoms with Crippen LogP contribution in [0.1, 0.15) is 23.6 Å². The summed E-state index contributed by atoms with van der Waals surface area (Å²) in [5.74, 6) is 1.62. The number of tetrazole rings is 1. The van der Waals surface area contributed by atoms with Gasteiger partial charge in [0.1, 0.15) is 0 Å². The van der Waals surface area contributed by atoms with Crippen molar-refractivity contribution in [3.05, 3.63) is 66.0 Å². The molecule has 0 aliphatic carbocycles. The monoisotopic (exact) mass is 377 g/mol. The van der Waals surface area contributed by atoms with Crippen LogP contribution in [0.3, 0.4) is 0 Å². The normalized spacial score (nSPS) is 12.3. The van der Waals surface area contributed by atoms with Crippen molar-refractivity contribution in [1.82, 2.24) is 35.0 Å². The fourth-order valence-corrected chi connectivity index (χ4v) is 3.79. The van der Waals surface area contributed by atoms with Gasteiger partial charge in [0.05, 0.1) is 10.9 Å². The first-order valence-corrected chi connectivity index (χ1v) is 9.49. The average Bonchev–Trinajstić information content (AvgIpc) is 3.31. The molecule has 2 aromatic heterocycles. The molecule has 2 heterocycles. The summed E-state index contributed by atoms with van der Waals surface area (Å²) < 4.78 is 3.77. The number of nitrogens with zero attached hydrogens (tertiary/aromatic N) is 7. The maximum atomic E-state index is 4.40. The number of benzene rings is 2. The molecule has 27 heavy (non-hydrogen) atoms. The molecule has 4 aromatic rings. The van der Waals surface area contributed by atoms with E-state index in [0.717, 1.165) is 28.1 Å². The molecule has 1 atom stereocenters. The molecule has 0 saturated heterocycles. The molecule has 0 bridgehead atoms. The molecule has 0 N–H and O–H groups in total. The van der Waals surface area contributed by atoms with Gasteiger partial charge in [-0.2, -0.15) is 4.68 Å². The summed E-state index contributed by atoms with van der Waals surface area (Å²) in [6, 6.07) is 18.0. The van der Waals surface area contributed by atoms with E-state index in [2.05, 4.69) is 51.7 Å². The van der Waals surface area contributed by atoms with Gasteiger partial charge < -0.3 is 4.57 Å². The molecule has 0 fully saturated rings. The Morgan fingerprint density at radius 2 is 1.67 bits per heavy atom. The molecule has 136 valence electrons. The van der Waals surface area contributed by atoms with Gasteiger partial charge in [-0.1, -0.05) is 54.2 Å². The van der Waals surface area contributed by atoms with E-state index in [1.54, 1.807) is 16.4 Å². The van der Waals surface area contributed by atoms with E-state index < -0.39 is 0 Å². The van der Waals surface area contributed by atoms with Crippen LogP contribution < -0.4 is 0 Å². The molecule has 2 aromatic carbocycles. The van der Waals surface area contributed by atoms with Gasteiger partial charge in [-0.05, 0) is 42.0 Å². The molecular formula is C19H19N7S. The number of aryl methyl sites for hydroxylation is 1. The largest absolute Gasteiger partial charge is 0.305 e. The van der Waals surface area contributed by atoms with E-state index in [1.807, 2.05) is 54.1 Å². The molecule has 8 heteroatoms. The first kappa shape index (κ1) is 17.4. The fourth-order valence-electron chi connectivity index (χ4n) is 2.89. The van der Waals surface area contributed by atoms with Gasteiger partial charge in [0.25, 0.3) is 0 Å². The standard InChI is InChI=1S/C19H19N7S/c1-13-9-7-8-12-16(13)18-20-22-19(25(18)3)27-14(2)17-21-23-24-26(17)15-10-5-4-6-11-15/h4-12,14H,1-3H3/t14-/m1/s1. The van der Waals surface area contributed by atoms with Crippen molar-refractivity contribution in [2.24, 2.45) is 7.05 Å². The zero-order valence-corrected chi connectivity index (χ0v) is 16.1. The second-order valence-electron chi connectivity index (χ2n) is 6.22. The smallest absolute Gasteiger partial charge is 0.191 e. The van der Waals surface area contributed by atoms with E-state index >= 15 is 0 Å². The molecular weight excluding hydrogens is 358 g/mol. The lowest BCUT2D eigenvalue weighted by atomic mass is 10.1. The van der Waals surface area contributed by atoms with Gasteiger partial charge in [-0.15, -0.1) is 15.3 Å².